The van der Waals surface area contributed by atoms with Crippen molar-refractivity contribution in [1.82, 2.24) is 10.3 Å². The molecule has 2 aromatic rings. The lowest BCUT2D eigenvalue weighted by Gasteiger charge is -2.22. The third kappa shape index (κ3) is 2.30. The molecule has 1 fully saturated rings. The Balaban J connectivity index is 2.16. The van der Waals surface area contributed by atoms with Crippen LogP contribution < -0.4 is 5.32 Å². The Morgan fingerprint density at radius 1 is 1.36 bits per heavy atom. The van der Waals surface area contributed by atoms with Gasteiger partial charge in [0.15, 0.2) is 0 Å². The van der Waals surface area contributed by atoms with E-state index < -0.39 is 10.8 Å². The number of hydrogen-bond acceptors (Lipinski definition) is 5. The molecule has 22 heavy (non-hydrogen) atoms. The van der Waals surface area contributed by atoms with Crippen molar-refractivity contribution in [3.63, 3.8) is 0 Å². The van der Waals surface area contributed by atoms with Crippen molar-refractivity contribution in [2.45, 2.75) is 25.7 Å². The van der Waals surface area contributed by atoms with Crippen molar-refractivity contribution >= 4 is 28.4 Å². The first kappa shape index (κ1) is 14.1. The van der Waals surface area contributed by atoms with Crippen LogP contribution in [0, 0.1) is 17.0 Å². The molecule has 0 aliphatic carbocycles. The lowest BCUT2D eigenvalue weighted by molar-refractivity contribution is -0.383. The molecule has 112 valence electrons. The molecule has 7 heteroatoms. The van der Waals surface area contributed by atoms with Crippen molar-refractivity contribution in [3.05, 3.63) is 45.6 Å². The molecular formula is C15H13N3O4. The topological polar surface area (TPSA) is 102 Å². The van der Waals surface area contributed by atoms with Crippen LogP contribution in [0.15, 0.2) is 24.3 Å². The molecule has 2 heterocycles. The van der Waals surface area contributed by atoms with Gasteiger partial charge in [-0.1, -0.05) is 6.07 Å². The summed E-state index contributed by atoms with van der Waals surface area (Å²) in [5.41, 5.74) is 1.75. The number of nitro benzene ring substituents is 1. The second-order valence-electron chi connectivity index (χ2n) is 5.27. The minimum absolute atomic E-state index is 0.0430. The highest BCUT2D eigenvalue weighted by molar-refractivity contribution is 6.01. The van der Waals surface area contributed by atoms with Gasteiger partial charge in [-0.05, 0) is 31.0 Å². The molecule has 1 aromatic heterocycles. The predicted molar refractivity (Wildman–Crippen MR) is 78.3 cm³/mol. The van der Waals surface area contributed by atoms with E-state index >= 15 is 0 Å². The summed E-state index contributed by atoms with van der Waals surface area (Å²) < 4.78 is 0. The number of benzene rings is 1. The first-order chi connectivity index (χ1) is 10.5. The normalized spacial score (nSPS) is 18.3. The van der Waals surface area contributed by atoms with Crippen LogP contribution in [-0.4, -0.2) is 21.7 Å². The second kappa shape index (κ2) is 5.18. The number of aryl methyl sites for hydroxylation is 1. The number of carbonyl (C=O) groups excluding carboxylic acids is 2. The van der Waals surface area contributed by atoms with Gasteiger partial charge in [0.2, 0.25) is 11.8 Å². The summed E-state index contributed by atoms with van der Waals surface area (Å²) >= 11 is 0. The largest absolute Gasteiger partial charge is 0.296 e. The first-order valence-electron chi connectivity index (χ1n) is 6.85. The zero-order valence-electron chi connectivity index (χ0n) is 11.8. The van der Waals surface area contributed by atoms with E-state index in [1.54, 1.807) is 25.1 Å². The maximum absolute atomic E-state index is 12.0. The number of non-ortho nitro benzene ring substituents is 1. The highest BCUT2D eigenvalue weighted by Gasteiger charge is 2.30. The zero-order valence-corrected chi connectivity index (χ0v) is 11.8. The van der Waals surface area contributed by atoms with Gasteiger partial charge in [-0.25, -0.2) is 0 Å². The van der Waals surface area contributed by atoms with Crippen molar-refractivity contribution in [2.75, 3.05) is 0 Å². The van der Waals surface area contributed by atoms with Gasteiger partial charge in [0.1, 0.15) is 0 Å². The number of nitrogens with one attached hydrogen (secondary N) is 1. The number of carbonyl (C=O) groups is 2. The number of amides is 2. The van der Waals surface area contributed by atoms with Gasteiger partial charge in [0, 0.05) is 18.2 Å². The summed E-state index contributed by atoms with van der Waals surface area (Å²) in [5, 5.41) is 13.9. The van der Waals surface area contributed by atoms with E-state index in [0.717, 1.165) is 0 Å². The molecule has 1 unspecified atom stereocenters. The molecule has 1 aliphatic heterocycles. The second-order valence-corrected chi connectivity index (χ2v) is 5.27. The molecule has 2 amide bonds. The lowest BCUT2D eigenvalue weighted by Crippen LogP contribution is -2.39. The van der Waals surface area contributed by atoms with Crippen molar-refractivity contribution in [2.24, 2.45) is 0 Å². The van der Waals surface area contributed by atoms with Crippen LogP contribution in [0.2, 0.25) is 0 Å². The quantitative estimate of drug-likeness (QED) is 0.519. The molecule has 0 spiro atoms. The number of aromatic nitrogens is 1. The Kier molecular flexibility index (Phi) is 3.32. The third-order valence-corrected chi connectivity index (χ3v) is 3.88. The molecule has 1 N–H and O–H groups in total. The van der Waals surface area contributed by atoms with Gasteiger partial charge < -0.3 is 0 Å². The fourth-order valence-electron chi connectivity index (χ4n) is 2.79. The van der Waals surface area contributed by atoms with E-state index in [4.69, 9.17) is 0 Å². The van der Waals surface area contributed by atoms with E-state index in [-0.39, 0.29) is 23.9 Å². The third-order valence-electron chi connectivity index (χ3n) is 3.88. The standard InChI is InChI=1S/C15H13N3O4/c1-8-10(9-5-6-14(19)17-15(9)20)7-11-12(16-8)3-2-4-13(11)18(21)22/h2-4,7,9H,5-6H2,1H3,(H,17,19,20). The number of fused-ring (bicyclic) bond motifs is 1. The smallest absolute Gasteiger partial charge is 0.278 e. The van der Waals surface area contributed by atoms with Gasteiger partial charge >= 0.3 is 0 Å². The molecule has 3 rings (SSSR count). The molecule has 0 bridgehead atoms. The summed E-state index contributed by atoms with van der Waals surface area (Å²) in [6, 6.07) is 6.34. The molecule has 1 aromatic carbocycles. The Morgan fingerprint density at radius 3 is 2.82 bits per heavy atom. The summed E-state index contributed by atoms with van der Waals surface area (Å²) in [5.74, 6) is -1.17. The molecule has 0 saturated carbocycles. The number of rotatable bonds is 2. The van der Waals surface area contributed by atoms with E-state index in [1.165, 1.54) is 6.07 Å². The summed E-state index contributed by atoms with van der Waals surface area (Å²) in [4.78, 5) is 38.3. The van der Waals surface area contributed by atoms with E-state index in [9.17, 15) is 19.7 Å². The van der Waals surface area contributed by atoms with E-state index in [1.807, 2.05) is 0 Å². The van der Waals surface area contributed by atoms with Gasteiger partial charge in [0.05, 0.1) is 21.7 Å². The Labute approximate surface area is 125 Å². The van der Waals surface area contributed by atoms with Crippen molar-refractivity contribution < 1.29 is 14.5 Å². The van der Waals surface area contributed by atoms with Gasteiger partial charge in [-0.3, -0.25) is 30.0 Å². The van der Waals surface area contributed by atoms with Crippen LogP contribution >= 0.6 is 0 Å². The fourth-order valence-corrected chi connectivity index (χ4v) is 2.79. The summed E-state index contributed by atoms with van der Waals surface area (Å²) in [6.45, 7) is 1.76. The van der Waals surface area contributed by atoms with Gasteiger partial charge in [-0.2, -0.15) is 0 Å². The Bertz CT molecular complexity index is 816. The van der Waals surface area contributed by atoms with Crippen LogP contribution in [0.4, 0.5) is 5.69 Å². The van der Waals surface area contributed by atoms with Crippen LogP contribution in [0.3, 0.4) is 0 Å². The number of imide groups is 1. The first-order valence-corrected chi connectivity index (χ1v) is 6.85. The van der Waals surface area contributed by atoms with Crippen LogP contribution in [-0.2, 0) is 9.59 Å². The predicted octanol–water partition coefficient (Wildman–Crippen LogP) is 1.97. The summed E-state index contributed by atoms with van der Waals surface area (Å²) in [7, 11) is 0. The van der Waals surface area contributed by atoms with Gasteiger partial charge in [0.25, 0.3) is 5.69 Å². The van der Waals surface area contributed by atoms with E-state index in [2.05, 4.69) is 10.3 Å². The number of nitrogens with zero attached hydrogens (tertiary/aromatic N) is 2. The molecular weight excluding hydrogens is 286 g/mol. The van der Waals surface area contributed by atoms with Gasteiger partial charge in [-0.15, -0.1) is 0 Å². The molecule has 0 radical (unpaired) electrons. The van der Waals surface area contributed by atoms with Crippen molar-refractivity contribution in [3.8, 4) is 0 Å². The Morgan fingerprint density at radius 2 is 2.14 bits per heavy atom. The number of hydrogen-bond donors (Lipinski definition) is 1. The highest BCUT2D eigenvalue weighted by Crippen LogP contribution is 2.32. The van der Waals surface area contributed by atoms with Crippen LogP contribution in [0.25, 0.3) is 10.9 Å². The highest BCUT2D eigenvalue weighted by atomic mass is 16.6. The molecule has 1 saturated heterocycles. The monoisotopic (exact) mass is 299 g/mol. The number of piperidine rings is 1. The van der Waals surface area contributed by atoms with E-state index in [0.29, 0.717) is 28.6 Å². The minimum atomic E-state index is -0.505. The maximum atomic E-state index is 12.0. The molecule has 1 aliphatic rings. The molecule has 7 nitrogen and oxygen atoms in total. The fraction of sp³-hybridized carbons (Fsp3) is 0.267. The number of nitro groups is 1. The average molecular weight is 299 g/mol. The van der Waals surface area contributed by atoms with Crippen LogP contribution in [0.1, 0.15) is 30.0 Å². The average Bonchev–Trinajstić information content (AvgIpc) is 2.46. The summed E-state index contributed by atoms with van der Waals surface area (Å²) in [6.07, 6.45) is 0.643. The maximum Gasteiger partial charge on any atom is 0.278 e. The Hall–Kier alpha value is -2.83. The zero-order chi connectivity index (χ0) is 15.9. The minimum Gasteiger partial charge on any atom is -0.296 e. The van der Waals surface area contributed by atoms with Crippen LogP contribution in [0.5, 0.6) is 0 Å². The number of pyridine rings is 1. The van der Waals surface area contributed by atoms with Crippen molar-refractivity contribution in [1.29, 1.82) is 0 Å². The lowest BCUT2D eigenvalue weighted by atomic mass is 9.88. The SMILES string of the molecule is Cc1nc2cccc([N+](=O)[O-])c2cc1C1CCC(=O)NC1=O. The molecule has 1 atom stereocenters.